The molecular weight excluding hydrogens is 278 g/mol. The normalized spacial score (nSPS) is 21.3. The second-order valence-electron chi connectivity index (χ2n) is 5.51. The lowest BCUT2D eigenvalue weighted by Gasteiger charge is -2.25. The predicted octanol–water partition coefficient (Wildman–Crippen LogP) is 1.18. The SMILES string of the molecule is CCN(C(=O)c1cc(C(C)C)[nH]n1)C1CCS(=O)(=O)C1. The lowest BCUT2D eigenvalue weighted by atomic mass is 10.1. The van der Waals surface area contributed by atoms with E-state index in [1.807, 2.05) is 20.8 Å². The molecule has 1 fully saturated rings. The summed E-state index contributed by atoms with van der Waals surface area (Å²) in [5, 5.41) is 6.90. The quantitative estimate of drug-likeness (QED) is 0.905. The van der Waals surface area contributed by atoms with E-state index in [-0.39, 0.29) is 29.4 Å². The zero-order valence-electron chi connectivity index (χ0n) is 12.1. The third kappa shape index (κ3) is 3.03. The van der Waals surface area contributed by atoms with E-state index in [9.17, 15) is 13.2 Å². The summed E-state index contributed by atoms with van der Waals surface area (Å²) in [6.45, 7) is 6.38. The maximum absolute atomic E-state index is 12.5. The van der Waals surface area contributed by atoms with Crippen LogP contribution in [0.5, 0.6) is 0 Å². The number of carbonyl (C=O) groups is 1. The van der Waals surface area contributed by atoms with Crippen LogP contribution in [-0.4, -0.2) is 53.5 Å². The molecule has 0 radical (unpaired) electrons. The molecule has 2 heterocycles. The van der Waals surface area contributed by atoms with Crippen molar-refractivity contribution < 1.29 is 13.2 Å². The summed E-state index contributed by atoms with van der Waals surface area (Å²) in [6.07, 6.45) is 0.517. The first kappa shape index (κ1) is 15.0. The van der Waals surface area contributed by atoms with Crippen LogP contribution in [0.1, 0.15) is 49.3 Å². The Morgan fingerprint density at radius 3 is 2.70 bits per heavy atom. The number of hydrogen-bond acceptors (Lipinski definition) is 4. The van der Waals surface area contributed by atoms with Crippen molar-refractivity contribution in [1.29, 1.82) is 0 Å². The molecule has 1 aliphatic heterocycles. The van der Waals surface area contributed by atoms with Crippen molar-refractivity contribution in [3.8, 4) is 0 Å². The van der Waals surface area contributed by atoms with Crippen LogP contribution in [0.15, 0.2) is 6.07 Å². The van der Waals surface area contributed by atoms with Crippen LogP contribution < -0.4 is 0 Å². The van der Waals surface area contributed by atoms with Gasteiger partial charge in [-0.05, 0) is 25.3 Å². The molecule has 0 spiro atoms. The molecule has 0 aliphatic carbocycles. The molecule has 20 heavy (non-hydrogen) atoms. The molecule has 112 valence electrons. The summed E-state index contributed by atoms with van der Waals surface area (Å²) in [5.74, 6) is 0.302. The monoisotopic (exact) mass is 299 g/mol. The van der Waals surface area contributed by atoms with Gasteiger partial charge in [0.2, 0.25) is 0 Å². The molecule has 1 unspecified atom stereocenters. The minimum absolute atomic E-state index is 0.0635. The second-order valence-corrected chi connectivity index (χ2v) is 7.74. The first-order chi connectivity index (χ1) is 9.34. The van der Waals surface area contributed by atoms with Gasteiger partial charge in [0, 0.05) is 18.3 Å². The number of aromatic nitrogens is 2. The van der Waals surface area contributed by atoms with Crippen molar-refractivity contribution in [2.75, 3.05) is 18.1 Å². The number of sulfone groups is 1. The molecule has 0 saturated carbocycles. The summed E-state index contributed by atoms with van der Waals surface area (Å²) in [6, 6.07) is 1.52. The molecule has 1 aromatic rings. The van der Waals surface area contributed by atoms with Crippen molar-refractivity contribution in [3.63, 3.8) is 0 Å². The number of amides is 1. The molecule has 6 nitrogen and oxygen atoms in total. The first-order valence-corrected chi connectivity index (χ1v) is 8.73. The molecule has 1 aliphatic rings. The van der Waals surface area contributed by atoms with Crippen LogP contribution in [0.3, 0.4) is 0 Å². The fourth-order valence-corrected chi connectivity index (χ4v) is 4.21. The predicted molar refractivity (Wildman–Crippen MR) is 76.4 cm³/mol. The van der Waals surface area contributed by atoms with Gasteiger partial charge in [-0.3, -0.25) is 9.89 Å². The molecule has 1 N–H and O–H groups in total. The minimum atomic E-state index is -3.00. The number of rotatable bonds is 4. The Morgan fingerprint density at radius 2 is 2.25 bits per heavy atom. The lowest BCUT2D eigenvalue weighted by molar-refractivity contribution is 0.0702. The van der Waals surface area contributed by atoms with Crippen LogP contribution in [0, 0.1) is 0 Å². The summed E-state index contributed by atoms with van der Waals surface area (Å²) < 4.78 is 23.1. The van der Waals surface area contributed by atoms with Crippen LogP contribution in [0.4, 0.5) is 0 Å². The van der Waals surface area contributed by atoms with Crippen molar-refractivity contribution in [2.45, 2.75) is 39.2 Å². The first-order valence-electron chi connectivity index (χ1n) is 6.90. The van der Waals surface area contributed by atoms with Crippen LogP contribution >= 0.6 is 0 Å². The van der Waals surface area contributed by atoms with E-state index in [1.54, 1.807) is 11.0 Å². The van der Waals surface area contributed by atoms with Gasteiger partial charge in [0.25, 0.3) is 5.91 Å². The highest BCUT2D eigenvalue weighted by Crippen LogP contribution is 2.20. The number of nitrogens with zero attached hydrogens (tertiary/aromatic N) is 2. The average molecular weight is 299 g/mol. The zero-order chi connectivity index (χ0) is 14.9. The molecule has 1 saturated heterocycles. The summed E-state index contributed by atoms with van der Waals surface area (Å²) in [7, 11) is -3.00. The van der Waals surface area contributed by atoms with E-state index in [0.717, 1.165) is 5.69 Å². The number of aromatic amines is 1. The van der Waals surface area contributed by atoms with Crippen molar-refractivity contribution >= 4 is 15.7 Å². The average Bonchev–Trinajstić information content (AvgIpc) is 2.97. The van der Waals surface area contributed by atoms with Crippen molar-refractivity contribution in [2.24, 2.45) is 0 Å². The van der Waals surface area contributed by atoms with Gasteiger partial charge in [-0.15, -0.1) is 0 Å². The van der Waals surface area contributed by atoms with Crippen LogP contribution in [0.2, 0.25) is 0 Å². The Hall–Kier alpha value is -1.37. The van der Waals surface area contributed by atoms with Gasteiger partial charge in [0.05, 0.1) is 11.5 Å². The van der Waals surface area contributed by atoms with E-state index in [1.165, 1.54) is 0 Å². The molecule has 2 rings (SSSR count). The topological polar surface area (TPSA) is 83.1 Å². The number of carbonyl (C=O) groups excluding carboxylic acids is 1. The van der Waals surface area contributed by atoms with E-state index < -0.39 is 9.84 Å². The molecule has 0 aromatic carbocycles. The highest BCUT2D eigenvalue weighted by atomic mass is 32.2. The summed E-state index contributed by atoms with van der Waals surface area (Å²) in [5.41, 5.74) is 1.27. The highest BCUT2D eigenvalue weighted by molar-refractivity contribution is 7.91. The van der Waals surface area contributed by atoms with E-state index in [2.05, 4.69) is 10.2 Å². The Kier molecular flexibility index (Phi) is 4.17. The highest BCUT2D eigenvalue weighted by Gasteiger charge is 2.34. The van der Waals surface area contributed by atoms with Gasteiger partial charge in [-0.2, -0.15) is 5.10 Å². The standard InChI is InChI=1S/C13H21N3O3S/c1-4-16(10-5-6-20(18,19)8-10)13(17)12-7-11(9(2)3)14-15-12/h7,9-10H,4-6,8H2,1-3H3,(H,14,15). The largest absolute Gasteiger partial charge is 0.333 e. The maximum Gasteiger partial charge on any atom is 0.274 e. The number of hydrogen-bond donors (Lipinski definition) is 1. The van der Waals surface area contributed by atoms with Gasteiger partial charge < -0.3 is 4.90 Å². The van der Waals surface area contributed by atoms with Crippen LogP contribution in [0.25, 0.3) is 0 Å². The summed E-state index contributed by atoms with van der Waals surface area (Å²) >= 11 is 0. The second kappa shape index (κ2) is 5.55. The Balaban J connectivity index is 2.16. The van der Waals surface area contributed by atoms with Gasteiger partial charge in [-0.1, -0.05) is 13.8 Å². The Bertz CT molecular complexity index is 592. The molecule has 0 bridgehead atoms. The fraction of sp³-hybridized carbons (Fsp3) is 0.692. The molecule has 1 amide bonds. The third-order valence-electron chi connectivity index (χ3n) is 3.69. The minimum Gasteiger partial charge on any atom is -0.333 e. The maximum atomic E-state index is 12.5. The lowest BCUT2D eigenvalue weighted by Crippen LogP contribution is -2.41. The van der Waals surface area contributed by atoms with Crippen molar-refractivity contribution in [1.82, 2.24) is 15.1 Å². The Morgan fingerprint density at radius 1 is 1.55 bits per heavy atom. The number of H-pyrrole nitrogens is 1. The zero-order valence-corrected chi connectivity index (χ0v) is 12.9. The molecule has 1 atom stereocenters. The molecule has 7 heteroatoms. The van der Waals surface area contributed by atoms with Crippen LogP contribution in [-0.2, 0) is 9.84 Å². The van der Waals surface area contributed by atoms with Crippen molar-refractivity contribution in [3.05, 3.63) is 17.5 Å². The smallest absolute Gasteiger partial charge is 0.274 e. The van der Waals surface area contributed by atoms with E-state index in [0.29, 0.717) is 18.7 Å². The van der Waals surface area contributed by atoms with Gasteiger partial charge >= 0.3 is 0 Å². The van der Waals surface area contributed by atoms with Gasteiger partial charge in [0.1, 0.15) is 5.69 Å². The Labute approximate surface area is 119 Å². The van der Waals surface area contributed by atoms with E-state index >= 15 is 0 Å². The van der Waals surface area contributed by atoms with Gasteiger partial charge in [-0.25, -0.2) is 8.42 Å². The third-order valence-corrected chi connectivity index (χ3v) is 5.44. The van der Waals surface area contributed by atoms with Gasteiger partial charge in [0.15, 0.2) is 9.84 Å². The molecule has 1 aromatic heterocycles. The van der Waals surface area contributed by atoms with E-state index in [4.69, 9.17) is 0 Å². The summed E-state index contributed by atoms with van der Waals surface area (Å²) in [4.78, 5) is 14.1. The molecular formula is C13H21N3O3S. The number of nitrogens with one attached hydrogen (secondary N) is 1. The fourth-order valence-electron chi connectivity index (χ4n) is 2.48.